The van der Waals surface area contributed by atoms with Crippen LogP contribution in [-0.2, 0) is 26.2 Å². The molecule has 0 saturated heterocycles. The Morgan fingerprint density at radius 3 is 2.79 bits per heavy atom. The molecule has 0 aliphatic carbocycles. The number of carbonyl (C=O) groups is 2. The number of rotatable bonds is 6. The average molecular weight is 424 g/mol. The van der Waals surface area contributed by atoms with Gasteiger partial charge in [-0.05, 0) is 29.8 Å². The predicted octanol–water partition coefficient (Wildman–Crippen LogP) is 1.61. The van der Waals surface area contributed by atoms with Gasteiger partial charge in [-0.2, -0.15) is 4.31 Å². The lowest BCUT2D eigenvalue weighted by molar-refractivity contribution is -0.121. The average Bonchev–Trinajstić information content (AvgIpc) is 2.66. The molecule has 0 spiro atoms. The molecule has 1 aliphatic rings. The van der Waals surface area contributed by atoms with E-state index in [4.69, 9.17) is 16.3 Å². The number of fused-ring (bicyclic) bond motifs is 1. The molecular formula is C18H18ClN3O5S. The maximum atomic E-state index is 12.7. The predicted molar refractivity (Wildman–Crippen MR) is 104 cm³/mol. The van der Waals surface area contributed by atoms with E-state index in [9.17, 15) is 18.0 Å². The van der Waals surface area contributed by atoms with E-state index in [-0.39, 0.29) is 36.2 Å². The first-order valence-corrected chi connectivity index (χ1v) is 10.1. The Hall–Kier alpha value is -2.62. The van der Waals surface area contributed by atoms with Crippen molar-refractivity contribution in [3.63, 3.8) is 0 Å². The second-order valence-electron chi connectivity index (χ2n) is 6.12. The largest absolute Gasteiger partial charge is 0.482 e. The zero-order valence-electron chi connectivity index (χ0n) is 14.9. The smallest absolute Gasteiger partial charge is 0.262 e. The van der Waals surface area contributed by atoms with Crippen LogP contribution in [0.1, 0.15) is 5.56 Å². The van der Waals surface area contributed by atoms with Crippen LogP contribution in [0, 0.1) is 0 Å². The lowest BCUT2D eigenvalue weighted by atomic mass is 10.2. The first kappa shape index (κ1) is 20.1. The summed E-state index contributed by atoms with van der Waals surface area (Å²) < 4.78 is 31.6. The molecule has 0 unspecified atom stereocenters. The van der Waals surface area contributed by atoms with E-state index >= 15 is 0 Å². The zero-order valence-corrected chi connectivity index (χ0v) is 16.5. The van der Waals surface area contributed by atoms with Crippen molar-refractivity contribution in [2.75, 3.05) is 25.5 Å². The summed E-state index contributed by atoms with van der Waals surface area (Å²) in [6.07, 6.45) is 0. The van der Waals surface area contributed by atoms with Crippen molar-refractivity contribution in [1.29, 1.82) is 0 Å². The number of nitrogens with one attached hydrogen (secondary N) is 2. The Morgan fingerprint density at radius 1 is 1.29 bits per heavy atom. The van der Waals surface area contributed by atoms with E-state index in [0.717, 1.165) is 9.87 Å². The summed E-state index contributed by atoms with van der Waals surface area (Å²) >= 11 is 6.04. The van der Waals surface area contributed by atoms with Crippen molar-refractivity contribution in [2.24, 2.45) is 0 Å². The summed E-state index contributed by atoms with van der Waals surface area (Å²) in [4.78, 5) is 23.5. The van der Waals surface area contributed by atoms with E-state index < -0.39 is 15.9 Å². The molecule has 0 fully saturated rings. The van der Waals surface area contributed by atoms with E-state index in [2.05, 4.69) is 10.6 Å². The molecule has 0 saturated carbocycles. The van der Waals surface area contributed by atoms with Crippen LogP contribution < -0.4 is 15.4 Å². The summed E-state index contributed by atoms with van der Waals surface area (Å²) in [5.74, 6) is -0.450. The highest BCUT2D eigenvalue weighted by Crippen LogP contribution is 2.30. The molecule has 0 bridgehead atoms. The fraction of sp³-hybridized carbons (Fsp3) is 0.222. The van der Waals surface area contributed by atoms with Gasteiger partial charge in [0.1, 0.15) is 5.75 Å². The Morgan fingerprint density at radius 2 is 2.04 bits per heavy atom. The van der Waals surface area contributed by atoms with Gasteiger partial charge in [-0.3, -0.25) is 9.59 Å². The molecule has 2 aromatic rings. The van der Waals surface area contributed by atoms with Gasteiger partial charge in [0.05, 0.1) is 17.1 Å². The van der Waals surface area contributed by atoms with Crippen LogP contribution in [0.15, 0.2) is 47.4 Å². The molecule has 2 aromatic carbocycles. The van der Waals surface area contributed by atoms with Crippen LogP contribution in [0.2, 0.25) is 5.02 Å². The minimum absolute atomic E-state index is 0.0570. The summed E-state index contributed by atoms with van der Waals surface area (Å²) in [7, 11) is -2.63. The number of nitrogens with zero attached hydrogens (tertiary/aromatic N) is 1. The number of hydrogen-bond acceptors (Lipinski definition) is 5. The number of benzene rings is 2. The molecule has 148 valence electrons. The van der Waals surface area contributed by atoms with Gasteiger partial charge in [0.2, 0.25) is 15.9 Å². The van der Waals surface area contributed by atoms with Crippen molar-refractivity contribution in [1.82, 2.24) is 9.62 Å². The van der Waals surface area contributed by atoms with Crippen LogP contribution in [0.3, 0.4) is 0 Å². The minimum atomic E-state index is -3.94. The van der Waals surface area contributed by atoms with Gasteiger partial charge in [-0.25, -0.2) is 8.42 Å². The third-order valence-corrected chi connectivity index (χ3v) is 6.26. The molecule has 1 aliphatic heterocycles. The number of anilines is 1. The van der Waals surface area contributed by atoms with E-state index in [1.165, 1.54) is 25.2 Å². The number of halogens is 1. The lowest BCUT2D eigenvalue weighted by Crippen LogP contribution is -2.38. The van der Waals surface area contributed by atoms with Crippen LogP contribution in [0.25, 0.3) is 0 Å². The Bertz CT molecular complexity index is 1030. The highest BCUT2D eigenvalue weighted by molar-refractivity contribution is 7.89. The molecule has 28 heavy (non-hydrogen) atoms. The highest BCUT2D eigenvalue weighted by Gasteiger charge is 2.25. The molecule has 10 heteroatoms. The molecular weight excluding hydrogens is 406 g/mol. The topological polar surface area (TPSA) is 105 Å². The SMILES string of the molecule is CN(CC(=O)NCc1ccccc1Cl)S(=O)(=O)c1ccc2c(c1)NC(=O)CO2. The van der Waals surface area contributed by atoms with Crippen molar-refractivity contribution < 1.29 is 22.7 Å². The molecule has 0 radical (unpaired) electrons. The van der Waals surface area contributed by atoms with Gasteiger partial charge in [0.25, 0.3) is 5.91 Å². The van der Waals surface area contributed by atoms with Gasteiger partial charge in [-0.1, -0.05) is 29.8 Å². The van der Waals surface area contributed by atoms with Crippen LogP contribution in [-0.4, -0.2) is 44.7 Å². The minimum Gasteiger partial charge on any atom is -0.482 e. The van der Waals surface area contributed by atoms with E-state index in [1.54, 1.807) is 24.3 Å². The molecule has 2 amide bonds. The van der Waals surface area contributed by atoms with E-state index in [1.807, 2.05) is 0 Å². The van der Waals surface area contributed by atoms with Crippen molar-refractivity contribution in [3.8, 4) is 5.75 Å². The first-order valence-electron chi connectivity index (χ1n) is 8.30. The normalized spacial score (nSPS) is 13.5. The number of likely N-dealkylation sites (N-methyl/N-ethyl adjacent to an activating group) is 1. The standard InChI is InChI=1S/C18H18ClN3O5S/c1-22(10-17(23)20-9-12-4-2-3-5-14(12)19)28(25,26)13-6-7-16-15(8-13)21-18(24)11-27-16/h2-8H,9-11H2,1H3,(H,20,23)(H,21,24). The number of hydrogen-bond donors (Lipinski definition) is 2. The Kier molecular flexibility index (Phi) is 5.87. The number of ether oxygens (including phenoxy) is 1. The van der Waals surface area contributed by atoms with Gasteiger partial charge in [-0.15, -0.1) is 0 Å². The number of sulfonamides is 1. The highest BCUT2D eigenvalue weighted by atomic mass is 35.5. The number of carbonyl (C=O) groups excluding carboxylic acids is 2. The molecule has 2 N–H and O–H groups in total. The van der Waals surface area contributed by atoms with Crippen LogP contribution in [0.4, 0.5) is 5.69 Å². The third kappa shape index (κ3) is 4.44. The fourth-order valence-corrected chi connectivity index (χ4v) is 3.94. The van der Waals surface area contributed by atoms with Crippen molar-refractivity contribution in [3.05, 3.63) is 53.1 Å². The van der Waals surface area contributed by atoms with Crippen LogP contribution in [0.5, 0.6) is 5.75 Å². The molecule has 8 nitrogen and oxygen atoms in total. The monoisotopic (exact) mass is 423 g/mol. The quantitative estimate of drug-likeness (QED) is 0.734. The van der Waals surface area contributed by atoms with E-state index in [0.29, 0.717) is 10.8 Å². The second-order valence-corrected chi connectivity index (χ2v) is 8.58. The molecule has 0 aromatic heterocycles. The maximum Gasteiger partial charge on any atom is 0.262 e. The molecule has 3 rings (SSSR count). The summed E-state index contributed by atoms with van der Waals surface area (Å²) in [6.45, 7) is -0.300. The fourth-order valence-electron chi connectivity index (χ4n) is 2.58. The Labute approximate surface area is 167 Å². The Balaban J connectivity index is 1.66. The van der Waals surface area contributed by atoms with Crippen molar-refractivity contribution in [2.45, 2.75) is 11.4 Å². The lowest BCUT2D eigenvalue weighted by Gasteiger charge is -2.21. The van der Waals surface area contributed by atoms with Crippen LogP contribution >= 0.6 is 11.6 Å². The summed E-state index contributed by atoms with van der Waals surface area (Å²) in [6, 6.07) is 11.2. The second kappa shape index (κ2) is 8.17. The van der Waals surface area contributed by atoms with Gasteiger partial charge < -0.3 is 15.4 Å². The molecule has 0 atom stereocenters. The van der Waals surface area contributed by atoms with Crippen molar-refractivity contribution >= 4 is 39.1 Å². The van der Waals surface area contributed by atoms with Gasteiger partial charge >= 0.3 is 0 Å². The van der Waals surface area contributed by atoms with Gasteiger partial charge in [0, 0.05) is 18.6 Å². The van der Waals surface area contributed by atoms with Gasteiger partial charge in [0.15, 0.2) is 6.61 Å². The molecule has 1 heterocycles. The number of amides is 2. The summed E-state index contributed by atoms with van der Waals surface area (Å²) in [5, 5.41) is 5.72. The summed E-state index contributed by atoms with van der Waals surface area (Å²) in [5.41, 5.74) is 1.00. The zero-order chi connectivity index (χ0) is 20.3. The third-order valence-electron chi connectivity index (χ3n) is 4.09. The maximum absolute atomic E-state index is 12.7. The first-order chi connectivity index (χ1) is 13.3.